The summed E-state index contributed by atoms with van der Waals surface area (Å²) in [5.74, 6) is -0.314. The van der Waals surface area contributed by atoms with E-state index in [1.807, 2.05) is 11.9 Å². The van der Waals surface area contributed by atoms with Crippen molar-refractivity contribution in [1.82, 2.24) is 4.90 Å². The van der Waals surface area contributed by atoms with Gasteiger partial charge in [0, 0.05) is 6.54 Å². The maximum atomic E-state index is 11.1. The first-order chi connectivity index (χ1) is 6.11. The lowest BCUT2D eigenvalue weighted by Gasteiger charge is -2.19. The Labute approximate surface area is 80.0 Å². The van der Waals surface area contributed by atoms with Crippen molar-refractivity contribution in [2.45, 2.75) is 26.3 Å². The van der Waals surface area contributed by atoms with Gasteiger partial charge in [0.25, 0.3) is 0 Å². The molecule has 78 valence electrons. The van der Waals surface area contributed by atoms with E-state index in [2.05, 4.69) is 6.92 Å². The second-order valence-electron chi connectivity index (χ2n) is 3.12. The van der Waals surface area contributed by atoms with Crippen molar-refractivity contribution in [1.29, 1.82) is 0 Å². The maximum absolute atomic E-state index is 11.1. The van der Waals surface area contributed by atoms with Crippen LogP contribution in [0.15, 0.2) is 0 Å². The maximum Gasteiger partial charge on any atom is 0.324 e. The minimum Gasteiger partial charge on any atom is -0.465 e. The molecular formula is C9H20N2O2. The third-order valence-electron chi connectivity index (χ3n) is 1.70. The molecule has 0 spiro atoms. The third kappa shape index (κ3) is 5.60. The molecule has 0 fully saturated rings. The van der Waals surface area contributed by atoms with E-state index >= 15 is 0 Å². The molecule has 0 radical (unpaired) electrons. The van der Waals surface area contributed by atoms with E-state index in [1.165, 1.54) is 0 Å². The van der Waals surface area contributed by atoms with Gasteiger partial charge in [0.2, 0.25) is 0 Å². The van der Waals surface area contributed by atoms with E-state index in [1.54, 1.807) is 6.92 Å². The second-order valence-corrected chi connectivity index (χ2v) is 3.12. The molecule has 0 bridgehead atoms. The molecule has 0 aliphatic heterocycles. The lowest BCUT2D eigenvalue weighted by molar-refractivity contribution is -0.145. The highest BCUT2D eigenvalue weighted by Gasteiger charge is 2.15. The molecule has 1 unspecified atom stereocenters. The van der Waals surface area contributed by atoms with Crippen molar-refractivity contribution in [2.75, 3.05) is 26.7 Å². The van der Waals surface area contributed by atoms with Gasteiger partial charge < -0.3 is 15.4 Å². The molecule has 13 heavy (non-hydrogen) atoms. The summed E-state index contributed by atoms with van der Waals surface area (Å²) in [7, 11) is 1.95. The lowest BCUT2D eigenvalue weighted by atomic mass is 10.3. The Bertz CT molecular complexity index is 151. The lowest BCUT2D eigenvalue weighted by Crippen LogP contribution is -2.42. The topological polar surface area (TPSA) is 55.6 Å². The van der Waals surface area contributed by atoms with Crippen molar-refractivity contribution >= 4 is 5.97 Å². The number of nitrogens with zero attached hydrogens (tertiary/aromatic N) is 1. The van der Waals surface area contributed by atoms with E-state index in [4.69, 9.17) is 10.5 Å². The van der Waals surface area contributed by atoms with Gasteiger partial charge in [-0.25, -0.2) is 0 Å². The Morgan fingerprint density at radius 2 is 2.15 bits per heavy atom. The Kier molecular flexibility index (Phi) is 6.54. The van der Waals surface area contributed by atoms with Gasteiger partial charge in [0.1, 0.15) is 6.04 Å². The molecule has 0 rings (SSSR count). The van der Waals surface area contributed by atoms with Crippen LogP contribution in [0.2, 0.25) is 0 Å². The summed E-state index contributed by atoms with van der Waals surface area (Å²) in [6.45, 7) is 5.77. The van der Waals surface area contributed by atoms with Crippen LogP contribution < -0.4 is 5.73 Å². The molecule has 0 aliphatic carbocycles. The Morgan fingerprint density at radius 1 is 1.54 bits per heavy atom. The standard InChI is InChI=1S/C9H20N2O2/c1-4-6-11(3)7-8(10)9(12)13-5-2/h8H,4-7,10H2,1-3H3. The van der Waals surface area contributed by atoms with Crippen LogP contribution in [-0.4, -0.2) is 43.7 Å². The Balaban J connectivity index is 3.71. The number of ether oxygens (including phenoxy) is 1. The Morgan fingerprint density at radius 3 is 2.62 bits per heavy atom. The van der Waals surface area contributed by atoms with Crippen LogP contribution in [0.4, 0.5) is 0 Å². The molecule has 0 heterocycles. The van der Waals surface area contributed by atoms with Crippen molar-refractivity contribution < 1.29 is 9.53 Å². The predicted octanol–water partition coefficient (Wildman–Crippen LogP) is 0.219. The fourth-order valence-electron chi connectivity index (χ4n) is 1.13. The number of nitrogens with two attached hydrogens (primary N) is 1. The van der Waals surface area contributed by atoms with Crippen molar-refractivity contribution in [3.8, 4) is 0 Å². The molecule has 1 atom stereocenters. The smallest absolute Gasteiger partial charge is 0.324 e. The normalized spacial score (nSPS) is 13.0. The van der Waals surface area contributed by atoms with Gasteiger partial charge in [0.15, 0.2) is 0 Å². The van der Waals surface area contributed by atoms with E-state index in [-0.39, 0.29) is 5.97 Å². The largest absolute Gasteiger partial charge is 0.465 e. The molecule has 4 heteroatoms. The van der Waals surface area contributed by atoms with Gasteiger partial charge in [-0.15, -0.1) is 0 Å². The molecule has 0 aromatic heterocycles. The van der Waals surface area contributed by atoms with Crippen molar-refractivity contribution in [2.24, 2.45) is 5.73 Å². The highest BCUT2D eigenvalue weighted by atomic mass is 16.5. The summed E-state index contributed by atoms with van der Waals surface area (Å²) in [4.78, 5) is 13.1. The van der Waals surface area contributed by atoms with Gasteiger partial charge in [-0.05, 0) is 26.9 Å². The highest BCUT2D eigenvalue weighted by Crippen LogP contribution is 1.91. The molecule has 2 N–H and O–H groups in total. The number of carbonyl (C=O) groups excluding carboxylic acids is 1. The molecule has 0 saturated heterocycles. The van der Waals surface area contributed by atoms with Crippen LogP contribution >= 0.6 is 0 Å². The zero-order valence-electron chi connectivity index (χ0n) is 8.75. The zero-order valence-corrected chi connectivity index (χ0v) is 8.75. The van der Waals surface area contributed by atoms with Crippen molar-refractivity contribution in [3.05, 3.63) is 0 Å². The van der Waals surface area contributed by atoms with Gasteiger partial charge in [-0.1, -0.05) is 6.92 Å². The number of esters is 1. The summed E-state index contributed by atoms with van der Waals surface area (Å²) in [5.41, 5.74) is 5.62. The van der Waals surface area contributed by atoms with Gasteiger partial charge in [-0.3, -0.25) is 4.79 Å². The highest BCUT2D eigenvalue weighted by molar-refractivity contribution is 5.75. The summed E-state index contributed by atoms with van der Waals surface area (Å²) in [6, 6.07) is -0.517. The first kappa shape index (κ1) is 12.4. The Hall–Kier alpha value is -0.610. The summed E-state index contributed by atoms with van der Waals surface area (Å²) in [6.07, 6.45) is 1.06. The number of hydrogen-bond donors (Lipinski definition) is 1. The molecule has 0 amide bonds. The SMILES string of the molecule is CCCN(C)CC(N)C(=O)OCC. The molecule has 4 nitrogen and oxygen atoms in total. The monoisotopic (exact) mass is 188 g/mol. The van der Waals surface area contributed by atoms with Crippen LogP contribution in [0.3, 0.4) is 0 Å². The summed E-state index contributed by atoms with van der Waals surface area (Å²) < 4.78 is 4.79. The average molecular weight is 188 g/mol. The van der Waals surface area contributed by atoms with Gasteiger partial charge >= 0.3 is 5.97 Å². The first-order valence-corrected chi connectivity index (χ1v) is 4.72. The number of hydrogen-bond acceptors (Lipinski definition) is 4. The van der Waals surface area contributed by atoms with Crippen LogP contribution in [0.25, 0.3) is 0 Å². The van der Waals surface area contributed by atoms with Crippen LogP contribution in [0, 0.1) is 0 Å². The quantitative estimate of drug-likeness (QED) is 0.606. The molecular weight excluding hydrogens is 168 g/mol. The third-order valence-corrected chi connectivity index (χ3v) is 1.70. The first-order valence-electron chi connectivity index (χ1n) is 4.72. The average Bonchev–Trinajstić information content (AvgIpc) is 2.05. The number of likely N-dealkylation sites (N-methyl/N-ethyl adjacent to an activating group) is 1. The minimum absolute atomic E-state index is 0.314. The number of carbonyl (C=O) groups is 1. The van der Waals surface area contributed by atoms with Crippen molar-refractivity contribution in [3.63, 3.8) is 0 Å². The summed E-state index contributed by atoms with van der Waals surface area (Å²) in [5, 5.41) is 0. The van der Waals surface area contributed by atoms with E-state index in [0.29, 0.717) is 13.2 Å². The molecule has 0 aromatic rings. The van der Waals surface area contributed by atoms with Crippen LogP contribution in [0.5, 0.6) is 0 Å². The summed E-state index contributed by atoms with van der Waals surface area (Å²) >= 11 is 0. The number of rotatable bonds is 6. The fourth-order valence-corrected chi connectivity index (χ4v) is 1.13. The second kappa shape index (κ2) is 6.86. The van der Waals surface area contributed by atoms with Gasteiger partial charge in [-0.2, -0.15) is 0 Å². The molecule has 0 aromatic carbocycles. The molecule has 0 saturated carbocycles. The van der Waals surface area contributed by atoms with Crippen LogP contribution in [-0.2, 0) is 9.53 Å². The zero-order chi connectivity index (χ0) is 10.3. The van der Waals surface area contributed by atoms with E-state index in [0.717, 1.165) is 13.0 Å². The minimum atomic E-state index is -0.517. The van der Waals surface area contributed by atoms with E-state index in [9.17, 15) is 4.79 Å². The van der Waals surface area contributed by atoms with Gasteiger partial charge in [0.05, 0.1) is 6.61 Å². The van der Waals surface area contributed by atoms with Crippen LogP contribution in [0.1, 0.15) is 20.3 Å². The van der Waals surface area contributed by atoms with E-state index < -0.39 is 6.04 Å². The predicted molar refractivity (Wildman–Crippen MR) is 52.4 cm³/mol. The fraction of sp³-hybridized carbons (Fsp3) is 0.889. The molecule has 0 aliphatic rings.